The predicted octanol–water partition coefficient (Wildman–Crippen LogP) is 6.05. The Kier molecular flexibility index (Phi) is 11.8. The van der Waals surface area contributed by atoms with Gasteiger partial charge >= 0.3 is 11.9 Å². The Balaban J connectivity index is 1.45. The van der Waals surface area contributed by atoms with Crippen molar-refractivity contribution < 1.29 is 19.1 Å². The lowest BCUT2D eigenvalue weighted by Crippen LogP contribution is -2.47. The highest BCUT2D eigenvalue weighted by molar-refractivity contribution is 5.89. The standard InChI is InChI=1S/C30H44N4O4/c1-5-7-9-11-23(3)37-29(35)25-13-15-27(31-21-25)33-17-19-34(20-18-33)28-16-14-26(22-32-28)30(36)38-24(4)12-10-8-6-2/h13-16,21-24H,5-12,17-20H2,1-4H3/t23-,24-/m0/s1. The lowest BCUT2D eigenvalue weighted by Gasteiger charge is -2.36. The highest BCUT2D eigenvalue weighted by Crippen LogP contribution is 2.19. The van der Waals surface area contributed by atoms with Crippen molar-refractivity contribution in [1.29, 1.82) is 0 Å². The Labute approximate surface area is 227 Å². The first-order valence-corrected chi connectivity index (χ1v) is 14.2. The number of piperazine rings is 1. The number of nitrogens with zero attached hydrogens (tertiary/aromatic N) is 4. The van der Waals surface area contributed by atoms with Gasteiger partial charge < -0.3 is 19.3 Å². The molecule has 3 heterocycles. The predicted molar refractivity (Wildman–Crippen MR) is 151 cm³/mol. The summed E-state index contributed by atoms with van der Waals surface area (Å²) in [5.41, 5.74) is 0.959. The summed E-state index contributed by atoms with van der Waals surface area (Å²) in [6, 6.07) is 7.35. The monoisotopic (exact) mass is 524 g/mol. The topological polar surface area (TPSA) is 84.9 Å². The van der Waals surface area contributed by atoms with Crippen LogP contribution in [0.4, 0.5) is 11.6 Å². The highest BCUT2D eigenvalue weighted by Gasteiger charge is 2.21. The molecule has 8 nitrogen and oxygen atoms in total. The number of carbonyl (C=O) groups excluding carboxylic acids is 2. The van der Waals surface area contributed by atoms with Gasteiger partial charge in [-0.25, -0.2) is 19.6 Å². The van der Waals surface area contributed by atoms with Crippen molar-refractivity contribution in [1.82, 2.24) is 9.97 Å². The van der Waals surface area contributed by atoms with Gasteiger partial charge in [0, 0.05) is 38.6 Å². The number of hydrogen-bond donors (Lipinski definition) is 0. The Morgan fingerprint density at radius 1 is 0.711 bits per heavy atom. The summed E-state index contributed by atoms with van der Waals surface area (Å²) in [5.74, 6) is 1.05. The average molecular weight is 525 g/mol. The molecule has 0 N–H and O–H groups in total. The maximum absolute atomic E-state index is 12.4. The van der Waals surface area contributed by atoms with Crippen LogP contribution in [-0.4, -0.2) is 60.3 Å². The van der Waals surface area contributed by atoms with E-state index < -0.39 is 0 Å². The van der Waals surface area contributed by atoms with Crippen LogP contribution in [0.3, 0.4) is 0 Å². The Hall–Kier alpha value is -3.16. The number of anilines is 2. The number of unbranched alkanes of at least 4 members (excludes halogenated alkanes) is 4. The normalized spacial score (nSPS) is 15.2. The molecule has 208 valence electrons. The van der Waals surface area contributed by atoms with Crippen molar-refractivity contribution in [2.45, 2.75) is 91.3 Å². The first kappa shape index (κ1) is 29.4. The van der Waals surface area contributed by atoms with Crippen molar-refractivity contribution in [2.75, 3.05) is 36.0 Å². The van der Waals surface area contributed by atoms with Gasteiger partial charge in [0.05, 0.1) is 23.3 Å². The van der Waals surface area contributed by atoms with Crippen LogP contribution in [0.1, 0.15) is 99.8 Å². The summed E-state index contributed by atoms with van der Waals surface area (Å²) in [7, 11) is 0. The summed E-state index contributed by atoms with van der Waals surface area (Å²) in [6.07, 6.45) is 11.5. The van der Waals surface area contributed by atoms with E-state index in [2.05, 4.69) is 33.6 Å². The van der Waals surface area contributed by atoms with E-state index in [1.165, 1.54) is 0 Å². The van der Waals surface area contributed by atoms with Crippen LogP contribution >= 0.6 is 0 Å². The second kappa shape index (κ2) is 15.3. The SMILES string of the molecule is CCCCC[C@H](C)OC(=O)c1ccc(N2CCN(c3ccc(C(=O)O[C@@H](C)CCCCC)cn3)CC2)nc1. The lowest BCUT2D eigenvalue weighted by molar-refractivity contribution is 0.0309. The second-order valence-electron chi connectivity index (χ2n) is 10.2. The molecule has 0 aromatic carbocycles. The van der Waals surface area contributed by atoms with Crippen LogP contribution in [0.15, 0.2) is 36.7 Å². The maximum Gasteiger partial charge on any atom is 0.339 e. The van der Waals surface area contributed by atoms with Gasteiger partial charge in [-0.2, -0.15) is 0 Å². The van der Waals surface area contributed by atoms with Gasteiger partial charge in [-0.15, -0.1) is 0 Å². The molecular formula is C30H44N4O4. The van der Waals surface area contributed by atoms with E-state index in [0.29, 0.717) is 11.1 Å². The maximum atomic E-state index is 12.4. The van der Waals surface area contributed by atoms with Crippen molar-refractivity contribution in [2.24, 2.45) is 0 Å². The molecule has 38 heavy (non-hydrogen) atoms. The quantitative estimate of drug-likeness (QED) is 0.218. The summed E-state index contributed by atoms with van der Waals surface area (Å²) in [4.78, 5) is 38.3. The van der Waals surface area contributed by atoms with E-state index in [-0.39, 0.29) is 24.1 Å². The molecule has 1 fully saturated rings. The smallest absolute Gasteiger partial charge is 0.339 e. The lowest BCUT2D eigenvalue weighted by atomic mass is 10.1. The highest BCUT2D eigenvalue weighted by atomic mass is 16.5. The van der Waals surface area contributed by atoms with Gasteiger partial charge in [-0.1, -0.05) is 39.5 Å². The molecule has 2 aromatic rings. The number of ether oxygens (including phenoxy) is 2. The number of hydrogen-bond acceptors (Lipinski definition) is 8. The van der Waals surface area contributed by atoms with Crippen LogP contribution in [0.25, 0.3) is 0 Å². The fourth-order valence-corrected chi connectivity index (χ4v) is 4.54. The van der Waals surface area contributed by atoms with Crippen molar-refractivity contribution in [3.63, 3.8) is 0 Å². The summed E-state index contributed by atoms with van der Waals surface area (Å²) >= 11 is 0. The molecular weight excluding hydrogens is 480 g/mol. The molecule has 0 radical (unpaired) electrons. The van der Waals surface area contributed by atoms with Crippen LogP contribution in [0.2, 0.25) is 0 Å². The molecule has 2 atom stereocenters. The molecule has 0 unspecified atom stereocenters. The Bertz CT molecular complexity index is 907. The summed E-state index contributed by atoms with van der Waals surface area (Å²) in [6.45, 7) is 11.3. The molecule has 1 aliphatic heterocycles. The molecule has 0 bridgehead atoms. The molecule has 1 saturated heterocycles. The van der Waals surface area contributed by atoms with Gasteiger partial charge in [0.1, 0.15) is 11.6 Å². The van der Waals surface area contributed by atoms with Gasteiger partial charge in [0.2, 0.25) is 0 Å². The fraction of sp³-hybridized carbons (Fsp3) is 0.600. The van der Waals surface area contributed by atoms with Crippen molar-refractivity contribution in [3.8, 4) is 0 Å². The minimum absolute atomic E-state index is 0.0887. The zero-order chi connectivity index (χ0) is 27.3. The third-order valence-electron chi connectivity index (χ3n) is 6.94. The number of esters is 2. The van der Waals surface area contributed by atoms with Crippen molar-refractivity contribution in [3.05, 3.63) is 47.8 Å². The molecule has 3 rings (SSSR count). The first-order chi connectivity index (χ1) is 18.4. The number of aromatic nitrogens is 2. The molecule has 0 spiro atoms. The Morgan fingerprint density at radius 2 is 1.11 bits per heavy atom. The third-order valence-corrected chi connectivity index (χ3v) is 6.94. The van der Waals surface area contributed by atoms with E-state index in [4.69, 9.17) is 9.47 Å². The molecule has 0 amide bonds. The molecule has 1 aliphatic rings. The minimum atomic E-state index is -0.317. The zero-order valence-corrected chi connectivity index (χ0v) is 23.5. The number of pyridine rings is 2. The van der Waals surface area contributed by atoms with E-state index in [1.807, 2.05) is 26.0 Å². The molecule has 0 saturated carbocycles. The van der Waals surface area contributed by atoms with Crippen LogP contribution in [0, 0.1) is 0 Å². The summed E-state index contributed by atoms with van der Waals surface area (Å²) < 4.78 is 11.1. The van der Waals surface area contributed by atoms with E-state index in [0.717, 1.165) is 89.2 Å². The fourth-order valence-electron chi connectivity index (χ4n) is 4.54. The summed E-state index contributed by atoms with van der Waals surface area (Å²) in [5, 5.41) is 0. The minimum Gasteiger partial charge on any atom is -0.459 e. The van der Waals surface area contributed by atoms with Crippen molar-refractivity contribution >= 4 is 23.6 Å². The van der Waals surface area contributed by atoms with Crippen LogP contribution in [-0.2, 0) is 9.47 Å². The van der Waals surface area contributed by atoms with E-state index in [1.54, 1.807) is 24.5 Å². The Morgan fingerprint density at radius 3 is 1.42 bits per heavy atom. The molecule has 2 aromatic heterocycles. The third kappa shape index (κ3) is 8.99. The number of rotatable bonds is 14. The zero-order valence-electron chi connectivity index (χ0n) is 23.5. The van der Waals surface area contributed by atoms with Crippen LogP contribution < -0.4 is 9.80 Å². The first-order valence-electron chi connectivity index (χ1n) is 14.2. The van der Waals surface area contributed by atoms with Gasteiger partial charge in [0.15, 0.2) is 0 Å². The number of carbonyl (C=O) groups is 2. The van der Waals surface area contributed by atoms with Gasteiger partial charge in [-0.3, -0.25) is 0 Å². The largest absolute Gasteiger partial charge is 0.459 e. The molecule has 0 aliphatic carbocycles. The van der Waals surface area contributed by atoms with E-state index in [9.17, 15) is 9.59 Å². The average Bonchev–Trinajstić information content (AvgIpc) is 2.93. The van der Waals surface area contributed by atoms with Gasteiger partial charge in [0.25, 0.3) is 0 Å². The van der Waals surface area contributed by atoms with E-state index >= 15 is 0 Å². The second-order valence-corrected chi connectivity index (χ2v) is 10.2. The molecule has 8 heteroatoms. The van der Waals surface area contributed by atoms with Gasteiger partial charge in [-0.05, 0) is 63.8 Å². The van der Waals surface area contributed by atoms with Crippen LogP contribution in [0.5, 0.6) is 0 Å².